The van der Waals surface area contributed by atoms with Gasteiger partial charge in [0, 0.05) is 27.9 Å². The molecular formula is C26H29N3O. The minimum absolute atomic E-state index is 0.0351. The number of aromatic nitrogens is 1. The zero-order valence-electron chi connectivity index (χ0n) is 18.0. The Hall–Kier alpha value is -2.30. The third-order valence-corrected chi connectivity index (χ3v) is 9.22. The molecule has 2 N–H and O–H groups in total. The van der Waals surface area contributed by atoms with Gasteiger partial charge in [-0.25, -0.2) is 0 Å². The molecule has 30 heavy (non-hydrogen) atoms. The third-order valence-electron chi connectivity index (χ3n) is 9.22. The SMILES string of the molecule is Cc1ccc2c3c1O[C@H]1c4c(c5ccccc5n4CN)C[C@@]4(C)[C@@H](C2)N(C)CC[C@]314. The number of hydrogen-bond acceptors (Lipinski definition) is 3. The summed E-state index contributed by atoms with van der Waals surface area (Å²) < 4.78 is 9.35. The van der Waals surface area contributed by atoms with Gasteiger partial charge in [-0.05, 0) is 62.5 Å². The smallest absolute Gasteiger partial charge is 0.149 e. The number of piperidine rings is 1. The molecule has 7 rings (SSSR count). The van der Waals surface area contributed by atoms with Crippen LogP contribution in [0.4, 0.5) is 0 Å². The molecule has 1 aromatic heterocycles. The lowest BCUT2D eigenvalue weighted by molar-refractivity contribution is -0.0914. The molecule has 0 unspecified atom stereocenters. The molecule has 1 fully saturated rings. The highest BCUT2D eigenvalue weighted by Gasteiger charge is 2.70. The number of fused-ring (bicyclic) bond motifs is 4. The molecule has 154 valence electrons. The van der Waals surface area contributed by atoms with E-state index in [9.17, 15) is 0 Å². The van der Waals surface area contributed by atoms with Crippen molar-refractivity contribution in [3.63, 3.8) is 0 Å². The number of hydrogen-bond donors (Lipinski definition) is 1. The molecule has 2 aliphatic carbocycles. The van der Waals surface area contributed by atoms with E-state index in [1.807, 2.05) is 0 Å². The maximum absolute atomic E-state index is 7.01. The molecule has 0 amide bonds. The minimum Gasteiger partial charge on any atom is -0.483 e. The molecular weight excluding hydrogens is 370 g/mol. The van der Waals surface area contributed by atoms with Crippen molar-refractivity contribution in [3.8, 4) is 5.75 Å². The summed E-state index contributed by atoms with van der Waals surface area (Å²) in [6.07, 6.45) is 3.42. The summed E-state index contributed by atoms with van der Waals surface area (Å²) in [4.78, 5) is 2.62. The summed E-state index contributed by atoms with van der Waals surface area (Å²) in [6.45, 7) is 6.39. The van der Waals surface area contributed by atoms with Gasteiger partial charge in [0.05, 0.1) is 17.8 Å². The van der Waals surface area contributed by atoms with Gasteiger partial charge in [-0.15, -0.1) is 0 Å². The molecule has 0 saturated carbocycles. The fourth-order valence-corrected chi connectivity index (χ4v) is 7.91. The van der Waals surface area contributed by atoms with E-state index in [0.29, 0.717) is 12.7 Å². The number of ether oxygens (including phenoxy) is 1. The third kappa shape index (κ3) is 1.64. The Bertz CT molecular complexity index is 1240. The topological polar surface area (TPSA) is 43.4 Å². The molecule has 4 nitrogen and oxygen atoms in total. The summed E-state index contributed by atoms with van der Waals surface area (Å²) in [6, 6.07) is 14.0. The van der Waals surface area contributed by atoms with Crippen molar-refractivity contribution < 1.29 is 4.74 Å². The zero-order valence-corrected chi connectivity index (χ0v) is 18.0. The fraction of sp³-hybridized carbons (Fsp3) is 0.462. The Kier molecular flexibility index (Phi) is 3.07. The van der Waals surface area contributed by atoms with Crippen LogP contribution in [0.25, 0.3) is 10.9 Å². The number of aryl methyl sites for hydroxylation is 1. The van der Waals surface area contributed by atoms with Gasteiger partial charge < -0.3 is 19.9 Å². The Morgan fingerprint density at radius 2 is 2.03 bits per heavy atom. The number of rotatable bonds is 1. The molecule has 3 aromatic rings. The molecule has 1 saturated heterocycles. The van der Waals surface area contributed by atoms with Crippen molar-refractivity contribution in [1.29, 1.82) is 0 Å². The Morgan fingerprint density at radius 1 is 1.20 bits per heavy atom. The molecule has 2 bridgehead atoms. The number of likely N-dealkylation sites (N-methyl/N-ethyl adjacent to an activating group) is 1. The van der Waals surface area contributed by atoms with Gasteiger partial charge in [0.15, 0.2) is 0 Å². The standard InChI is InChI=1S/C26H29N3O/c1-15-8-9-16-12-20-25(2)13-18-17-6-4-5-7-19(17)29(14-27)22(18)24-26(25,10-11-28(20)3)21(16)23(15)30-24/h4-9,20,24H,10-14,27H2,1-3H3/t20-,24+,25+,26+/m1/s1. The Morgan fingerprint density at radius 3 is 2.87 bits per heavy atom. The quantitative estimate of drug-likeness (QED) is 0.671. The van der Waals surface area contributed by atoms with Crippen LogP contribution in [0.3, 0.4) is 0 Å². The maximum Gasteiger partial charge on any atom is 0.149 e. The maximum atomic E-state index is 7.01. The van der Waals surface area contributed by atoms with E-state index in [-0.39, 0.29) is 16.9 Å². The van der Waals surface area contributed by atoms with Gasteiger partial charge in [0.25, 0.3) is 0 Å². The van der Waals surface area contributed by atoms with Gasteiger partial charge in [-0.2, -0.15) is 0 Å². The van der Waals surface area contributed by atoms with E-state index in [1.165, 1.54) is 38.9 Å². The summed E-state index contributed by atoms with van der Waals surface area (Å²) in [5.41, 5.74) is 14.9. The fourth-order valence-electron chi connectivity index (χ4n) is 7.91. The molecule has 4 heteroatoms. The highest BCUT2D eigenvalue weighted by atomic mass is 16.5. The van der Waals surface area contributed by atoms with Crippen LogP contribution in [0.1, 0.15) is 47.4 Å². The number of benzene rings is 2. The Labute approximate surface area is 177 Å². The second-order valence-electron chi connectivity index (χ2n) is 10.3. The second-order valence-corrected chi connectivity index (χ2v) is 10.3. The van der Waals surface area contributed by atoms with E-state index >= 15 is 0 Å². The lowest BCUT2D eigenvalue weighted by Crippen LogP contribution is -2.68. The average Bonchev–Trinajstić information content (AvgIpc) is 3.25. The van der Waals surface area contributed by atoms with Gasteiger partial charge in [0.1, 0.15) is 11.9 Å². The number of likely N-dealkylation sites (tertiary alicyclic amines) is 1. The minimum atomic E-state index is 0.0351. The lowest BCUT2D eigenvalue weighted by Gasteiger charge is -2.64. The van der Waals surface area contributed by atoms with E-state index in [1.54, 1.807) is 0 Å². The number of para-hydroxylation sites is 1. The number of nitrogens with zero attached hydrogens (tertiary/aromatic N) is 2. The van der Waals surface area contributed by atoms with Crippen LogP contribution >= 0.6 is 0 Å². The molecule has 3 heterocycles. The van der Waals surface area contributed by atoms with Gasteiger partial charge in [-0.3, -0.25) is 0 Å². The monoisotopic (exact) mass is 399 g/mol. The van der Waals surface area contributed by atoms with E-state index in [4.69, 9.17) is 10.5 Å². The van der Waals surface area contributed by atoms with Crippen LogP contribution in [0, 0.1) is 12.3 Å². The second kappa shape index (κ2) is 5.30. The van der Waals surface area contributed by atoms with Crippen molar-refractivity contribution in [1.82, 2.24) is 9.47 Å². The molecule has 0 radical (unpaired) electrons. The van der Waals surface area contributed by atoms with Crippen molar-refractivity contribution in [2.45, 2.75) is 57.3 Å². The summed E-state index contributed by atoms with van der Waals surface area (Å²) in [5.74, 6) is 1.16. The van der Waals surface area contributed by atoms with Crippen LogP contribution in [0.2, 0.25) is 0 Å². The van der Waals surface area contributed by atoms with Crippen molar-refractivity contribution in [2.75, 3.05) is 13.6 Å². The summed E-state index contributed by atoms with van der Waals surface area (Å²) >= 11 is 0. The average molecular weight is 400 g/mol. The first-order valence-electron chi connectivity index (χ1n) is 11.3. The summed E-state index contributed by atoms with van der Waals surface area (Å²) in [5, 5.41) is 1.36. The van der Waals surface area contributed by atoms with E-state index in [2.05, 4.69) is 66.8 Å². The van der Waals surface area contributed by atoms with E-state index < -0.39 is 0 Å². The first-order chi connectivity index (χ1) is 14.5. The molecule has 4 aliphatic rings. The Balaban J connectivity index is 1.63. The summed E-state index contributed by atoms with van der Waals surface area (Å²) in [7, 11) is 2.33. The van der Waals surface area contributed by atoms with Crippen molar-refractivity contribution in [3.05, 3.63) is 64.3 Å². The predicted octanol–water partition coefficient (Wildman–Crippen LogP) is 4.06. The zero-order chi connectivity index (χ0) is 20.4. The van der Waals surface area contributed by atoms with Gasteiger partial charge >= 0.3 is 0 Å². The first kappa shape index (κ1) is 17.4. The molecule has 4 atom stereocenters. The lowest BCUT2D eigenvalue weighted by atomic mass is 9.44. The highest BCUT2D eigenvalue weighted by Crippen LogP contribution is 2.71. The first-order valence-corrected chi connectivity index (χ1v) is 11.3. The predicted molar refractivity (Wildman–Crippen MR) is 119 cm³/mol. The largest absolute Gasteiger partial charge is 0.483 e. The molecule has 1 spiro atoms. The number of nitrogens with two attached hydrogens (primary N) is 1. The van der Waals surface area contributed by atoms with Crippen molar-refractivity contribution in [2.24, 2.45) is 11.1 Å². The van der Waals surface area contributed by atoms with Crippen molar-refractivity contribution >= 4 is 10.9 Å². The van der Waals surface area contributed by atoms with Gasteiger partial charge in [0.2, 0.25) is 0 Å². The van der Waals surface area contributed by atoms with E-state index in [0.717, 1.165) is 31.6 Å². The van der Waals surface area contributed by atoms with Gasteiger partial charge in [-0.1, -0.05) is 37.3 Å². The normalized spacial score (nSPS) is 33.3. The molecule has 2 aromatic carbocycles. The van der Waals surface area contributed by atoms with Crippen LogP contribution in [-0.2, 0) is 24.9 Å². The van der Waals surface area contributed by atoms with Crippen LogP contribution in [-0.4, -0.2) is 29.1 Å². The highest BCUT2D eigenvalue weighted by molar-refractivity contribution is 5.87. The van der Waals surface area contributed by atoms with Crippen LogP contribution in [0.5, 0.6) is 5.75 Å². The van der Waals surface area contributed by atoms with Crippen LogP contribution < -0.4 is 10.5 Å². The molecule has 2 aliphatic heterocycles. The van der Waals surface area contributed by atoms with Crippen LogP contribution in [0.15, 0.2) is 36.4 Å².